The maximum atomic E-state index is 15.4. The van der Waals surface area contributed by atoms with Crippen molar-refractivity contribution < 1.29 is 9.18 Å². The Morgan fingerprint density at radius 3 is 2.38 bits per heavy atom. The Kier molecular flexibility index (Phi) is 6.77. The maximum absolute atomic E-state index is 15.4. The van der Waals surface area contributed by atoms with E-state index >= 15 is 4.39 Å². The van der Waals surface area contributed by atoms with E-state index in [1.54, 1.807) is 18.2 Å². The fourth-order valence-electron chi connectivity index (χ4n) is 3.46. The predicted molar refractivity (Wildman–Crippen MR) is 124 cm³/mol. The van der Waals surface area contributed by atoms with Crippen molar-refractivity contribution in [1.29, 1.82) is 0 Å². The summed E-state index contributed by atoms with van der Waals surface area (Å²) in [5.41, 5.74) is 7.70. The Hall–Kier alpha value is -2.90. The van der Waals surface area contributed by atoms with Crippen LogP contribution >= 0.6 is 23.2 Å². The van der Waals surface area contributed by atoms with Crippen LogP contribution in [0.3, 0.4) is 0 Å². The molecule has 0 radical (unpaired) electrons. The summed E-state index contributed by atoms with van der Waals surface area (Å²) in [6, 6.07) is 12.9. The first kappa shape index (κ1) is 22.3. The highest BCUT2D eigenvalue weighted by atomic mass is 35.5. The molecule has 4 rings (SSSR count). The lowest BCUT2D eigenvalue weighted by Gasteiger charge is -2.25. The Morgan fingerprint density at radius 2 is 1.75 bits per heavy atom. The fourth-order valence-corrected chi connectivity index (χ4v) is 3.98. The van der Waals surface area contributed by atoms with Crippen molar-refractivity contribution in [3.8, 4) is 0 Å². The number of nitrogens with two attached hydrogens (primary N) is 1. The van der Waals surface area contributed by atoms with Crippen molar-refractivity contribution in [1.82, 2.24) is 9.97 Å². The minimum Gasteiger partial charge on any atom is -0.369 e. The lowest BCUT2D eigenvalue weighted by molar-refractivity contribution is -0.117. The second-order valence-electron chi connectivity index (χ2n) is 7.73. The highest BCUT2D eigenvalue weighted by molar-refractivity contribution is 6.36. The first-order valence-electron chi connectivity index (χ1n) is 10.2. The Morgan fingerprint density at radius 1 is 1.09 bits per heavy atom. The standard InChI is InChI=1S/C23H22Cl2FN5O/c24-18-2-1-3-19(25)17(18)12-31(16-8-9-16)23-21(26)22(29-13-30-23)28-11-15-6-4-14(5-7-15)10-20(27)32/h1-7,13,16H,8-12H2,(H2,27,32)(H,28,29,30). The monoisotopic (exact) mass is 473 g/mol. The van der Waals surface area contributed by atoms with Crippen molar-refractivity contribution in [3.05, 3.63) is 81.3 Å². The van der Waals surface area contributed by atoms with Crippen LogP contribution in [0.5, 0.6) is 0 Å². The molecule has 3 aromatic rings. The summed E-state index contributed by atoms with van der Waals surface area (Å²) in [7, 11) is 0. The molecular weight excluding hydrogens is 452 g/mol. The lowest BCUT2D eigenvalue weighted by Crippen LogP contribution is -2.28. The molecule has 1 heterocycles. The third kappa shape index (κ3) is 5.29. The molecule has 1 fully saturated rings. The Balaban J connectivity index is 1.51. The topological polar surface area (TPSA) is 84.1 Å². The van der Waals surface area contributed by atoms with E-state index in [1.165, 1.54) is 6.33 Å². The van der Waals surface area contributed by atoms with Gasteiger partial charge in [0.05, 0.1) is 6.42 Å². The average molecular weight is 474 g/mol. The predicted octanol–water partition coefficient (Wildman–Crippen LogP) is 4.73. The number of hydrogen-bond donors (Lipinski definition) is 2. The summed E-state index contributed by atoms with van der Waals surface area (Å²) < 4.78 is 15.4. The molecule has 32 heavy (non-hydrogen) atoms. The highest BCUT2D eigenvalue weighted by Gasteiger charge is 2.33. The van der Waals surface area contributed by atoms with Gasteiger partial charge in [-0.05, 0) is 36.1 Å². The third-order valence-electron chi connectivity index (χ3n) is 5.28. The van der Waals surface area contributed by atoms with Crippen LogP contribution in [0, 0.1) is 5.82 Å². The van der Waals surface area contributed by atoms with E-state index in [0.29, 0.717) is 23.1 Å². The molecule has 1 aromatic heterocycles. The molecule has 1 amide bonds. The quantitative estimate of drug-likeness (QED) is 0.469. The maximum Gasteiger partial charge on any atom is 0.221 e. The van der Waals surface area contributed by atoms with Crippen molar-refractivity contribution in [2.75, 3.05) is 10.2 Å². The van der Waals surface area contributed by atoms with E-state index in [4.69, 9.17) is 28.9 Å². The van der Waals surface area contributed by atoms with Crippen molar-refractivity contribution in [2.24, 2.45) is 5.73 Å². The van der Waals surface area contributed by atoms with Gasteiger partial charge in [-0.15, -0.1) is 0 Å². The number of halogens is 3. The smallest absolute Gasteiger partial charge is 0.221 e. The van der Waals surface area contributed by atoms with E-state index in [0.717, 1.165) is 29.5 Å². The average Bonchev–Trinajstić information content (AvgIpc) is 3.59. The molecule has 0 unspecified atom stereocenters. The van der Waals surface area contributed by atoms with Crippen LogP contribution in [0.15, 0.2) is 48.8 Å². The SMILES string of the molecule is NC(=O)Cc1ccc(CNc2ncnc(N(Cc3c(Cl)cccc3Cl)C3CC3)c2F)cc1. The van der Waals surface area contributed by atoms with Gasteiger partial charge in [0.25, 0.3) is 0 Å². The van der Waals surface area contributed by atoms with Crippen LogP contribution in [-0.2, 0) is 24.3 Å². The molecule has 6 nitrogen and oxygen atoms in total. The van der Waals surface area contributed by atoms with E-state index in [9.17, 15) is 4.79 Å². The van der Waals surface area contributed by atoms with E-state index in [-0.39, 0.29) is 30.0 Å². The molecular formula is C23H22Cl2FN5O. The second kappa shape index (κ2) is 9.71. The first-order valence-corrected chi connectivity index (χ1v) is 11.0. The number of benzene rings is 2. The van der Waals surface area contributed by atoms with Crippen LogP contribution in [0.1, 0.15) is 29.5 Å². The molecule has 0 aliphatic heterocycles. The summed E-state index contributed by atoms with van der Waals surface area (Å²) in [6.07, 6.45) is 3.43. The number of aromatic nitrogens is 2. The van der Waals surface area contributed by atoms with Gasteiger partial charge in [-0.3, -0.25) is 4.79 Å². The minimum absolute atomic E-state index is 0.118. The van der Waals surface area contributed by atoms with Crippen molar-refractivity contribution >= 4 is 40.7 Å². The molecule has 0 atom stereocenters. The molecule has 1 saturated carbocycles. The van der Waals surface area contributed by atoms with Gasteiger partial charge in [-0.2, -0.15) is 4.39 Å². The normalized spacial score (nSPS) is 13.1. The number of nitrogens with one attached hydrogen (secondary N) is 1. The van der Waals surface area contributed by atoms with E-state index in [1.807, 2.05) is 29.2 Å². The first-order chi connectivity index (χ1) is 15.4. The van der Waals surface area contributed by atoms with Gasteiger partial charge in [0.2, 0.25) is 11.7 Å². The van der Waals surface area contributed by atoms with Crippen LogP contribution in [-0.4, -0.2) is 21.9 Å². The number of carbonyl (C=O) groups excluding carboxylic acids is 1. The molecule has 0 saturated heterocycles. The zero-order chi connectivity index (χ0) is 22.7. The summed E-state index contributed by atoms with van der Waals surface area (Å²) in [6.45, 7) is 0.724. The van der Waals surface area contributed by atoms with E-state index < -0.39 is 5.82 Å². The van der Waals surface area contributed by atoms with Gasteiger partial charge >= 0.3 is 0 Å². The second-order valence-corrected chi connectivity index (χ2v) is 8.55. The molecule has 1 aliphatic rings. The summed E-state index contributed by atoms with van der Waals surface area (Å²) in [5, 5.41) is 4.11. The fraction of sp³-hybridized carbons (Fsp3) is 0.261. The molecule has 166 valence electrons. The summed E-state index contributed by atoms with van der Waals surface area (Å²) in [4.78, 5) is 21.2. The van der Waals surface area contributed by atoms with Crippen molar-refractivity contribution in [3.63, 3.8) is 0 Å². The van der Waals surface area contributed by atoms with Crippen LogP contribution < -0.4 is 16.0 Å². The van der Waals surface area contributed by atoms with Gasteiger partial charge in [0.15, 0.2) is 11.6 Å². The molecule has 0 spiro atoms. The Labute approximate surface area is 195 Å². The van der Waals surface area contributed by atoms with E-state index in [2.05, 4.69) is 15.3 Å². The Bertz CT molecular complexity index is 1100. The molecule has 3 N–H and O–H groups in total. The van der Waals surface area contributed by atoms with Gasteiger partial charge < -0.3 is 16.0 Å². The number of primary amides is 1. The lowest BCUT2D eigenvalue weighted by atomic mass is 10.1. The number of anilines is 2. The summed E-state index contributed by atoms with van der Waals surface area (Å²) in [5.74, 6) is -0.567. The summed E-state index contributed by atoms with van der Waals surface area (Å²) >= 11 is 12.7. The van der Waals surface area contributed by atoms with Crippen LogP contribution in [0.2, 0.25) is 10.0 Å². The number of amides is 1. The van der Waals surface area contributed by atoms with Crippen LogP contribution in [0.25, 0.3) is 0 Å². The van der Waals surface area contributed by atoms with Gasteiger partial charge in [0, 0.05) is 34.7 Å². The van der Waals surface area contributed by atoms with Gasteiger partial charge in [-0.25, -0.2) is 9.97 Å². The number of hydrogen-bond acceptors (Lipinski definition) is 5. The molecule has 9 heteroatoms. The zero-order valence-corrected chi connectivity index (χ0v) is 18.7. The largest absolute Gasteiger partial charge is 0.369 e. The van der Waals surface area contributed by atoms with Gasteiger partial charge in [-0.1, -0.05) is 53.5 Å². The molecule has 1 aliphatic carbocycles. The van der Waals surface area contributed by atoms with Crippen LogP contribution in [0.4, 0.5) is 16.0 Å². The molecule has 2 aromatic carbocycles. The number of rotatable bonds is 9. The molecule has 0 bridgehead atoms. The zero-order valence-electron chi connectivity index (χ0n) is 17.2. The third-order valence-corrected chi connectivity index (χ3v) is 5.99. The van der Waals surface area contributed by atoms with Crippen molar-refractivity contribution in [2.45, 2.75) is 38.4 Å². The number of carbonyl (C=O) groups is 1. The number of nitrogens with zero attached hydrogens (tertiary/aromatic N) is 3. The van der Waals surface area contributed by atoms with Gasteiger partial charge in [0.1, 0.15) is 6.33 Å². The highest BCUT2D eigenvalue weighted by Crippen LogP contribution is 2.37. The minimum atomic E-state index is -0.520.